The lowest BCUT2D eigenvalue weighted by molar-refractivity contribution is 0.194. The zero-order valence-electron chi connectivity index (χ0n) is 12.8. The van der Waals surface area contributed by atoms with Crippen molar-refractivity contribution >= 4 is 10.9 Å². The molecular formula is C18H25N3. The topological polar surface area (TPSA) is 42.1 Å². The molecule has 0 amide bonds. The van der Waals surface area contributed by atoms with Gasteiger partial charge in [0.2, 0.25) is 0 Å². The third kappa shape index (κ3) is 3.25. The number of aromatic nitrogens is 1. The van der Waals surface area contributed by atoms with E-state index in [-0.39, 0.29) is 6.04 Å². The molecule has 3 rings (SSSR count). The standard InChI is InChI=1S/C18H25N3/c1-2-11-21(13-14-8-9-14)17(12-19)16-7-3-5-15-6-4-10-20-18(15)16/h3-7,10,14,17H,2,8-9,11-13,19H2,1H3. The van der Waals surface area contributed by atoms with E-state index in [1.165, 1.54) is 36.8 Å². The van der Waals surface area contributed by atoms with Gasteiger partial charge in [-0.1, -0.05) is 31.2 Å². The Bertz CT molecular complexity index is 587. The van der Waals surface area contributed by atoms with Crippen LogP contribution in [0.15, 0.2) is 36.5 Å². The highest BCUT2D eigenvalue weighted by molar-refractivity contribution is 5.82. The second-order valence-electron chi connectivity index (χ2n) is 6.11. The summed E-state index contributed by atoms with van der Waals surface area (Å²) >= 11 is 0. The molecule has 0 spiro atoms. The third-order valence-electron chi connectivity index (χ3n) is 4.39. The summed E-state index contributed by atoms with van der Waals surface area (Å²) in [4.78, 5) is 7.18. The van der Waals surface area contributed by atoms with Crippen LogP contribution in [0, 0.1) is 5.92 Å². The van der Waals surface area contributed by atoms with Crippen molar-refractivity contribution in [2.45, 2.75) is 32.2 Å². The highest BCUT2D eigenvalue weighted by atomic mass is 15.2. The molecule has 1 aliphatic carbocycles. The van der Waals surface area contributed by atoms with Crippen molar-refractivity contribution < 1.29 is 0 Å². The summed E-state index contributed by atoms with van der Waals surface area (Å²) in [6.07, 6.45) is 5.81. The van der Waals surface area contributed by atoms with Crippen LogP contribution in [0.1, 0.15) is 37.8 Å². The molecule has 2 aromatic rings. The Morgan fingerprint density at radius 3 is 2.81 bits per heavy atom. The molecule has 1 aromatic carbocycles. The van der Waals surface area contributed by atoms with Gasteiger partial charge in [-0.05, 0) is 43.4 Å². The van der Waals surface area contributed by atoms with Crippen LogP contribution in [0.5, 0.6) is 0 Å². The van der Waals surface area contributed by atoms with Gasteiger partial charge in [-0.25, -0.2) is 0 Å². The fraction of sp³-hybridized carbons (Fsp3) is 0.500. The van der Waals surface area contributed by atoms with Crippen molar-refractivity contribution in [1.82, 2.24) is 9.88 Å². The molecule has 0 bridgehead atoms. The van der Waals surface area contributed by atoms with Crippen LogP contribution >= 0.6 is 0 Å². The third-order valence-corrected chi connectivity index (χ3v) is 4.39. The van der Waals surface area contributed by atoms with Gasteiger partial charge in [0, 0.05) is 30.7 Å². The first-order chi connectivity index (χ1) is 10.3. The maximum Gasteiger partial charge on any atom is 0.0750 e. The zero-order valence-corrected chi connectivity index (χ0v) is 12.8. The van der Waals surface area contributed by atoms with Gasteiger partial charge >= 0.3 is 0 Å². The molecule has 0 saturated heterocycles. The summed E-state index contributed by atoms with van der Waals surface area (Å²) in [6.45, 7) is 5.19. The van der Waals surface area contributed by atoms with Crippen molar-refractivity contribution in [2.75, 3.05) is 19.6 Å². The molecule has 1 unspecified atom stereocenters. The van der Waals surface area contributed by atoms with Crippen molar-refractivity contribution in [2.24, 2.45) is 11.7 Å². The summed E-state index contributed by atoms with van der Waals surface area (Å²) in [5.41, 5.74) is 8.54. The SMILES string of the molecule is CCCN(CC1CC1)C(CN)c1cccc2cccnc12. The number of fused-ring (bicyclic) bond motifs is 1. The smallest absolute Gasteiger partial charge is 0.0750 e. The summed E-state index contributed by atoms with van der Waals surface area (Å²) in [7, 11) is 0. The molecule has 1 fully saturated rings. The minimum absolute atomic E-state index is 0.282. The van der Waals surface area contributed by atoms with E-state index in [0.29, 0.717) is 6.54 Å². The number of nitrogens with zero attached hydrogens (tertiary/aromatic N) is 2. The Hall–Kier alpha value is -1.45. The molecule has 1 saturated carbocycles. The van der Waals surface area contributed by atoms with E-state index in [0.717, 1.165) is 18.0 Å². The van der Waals surface area contributed by atoms with Gasteiger partial charge in [-0.15, -0.1) is 0 Å². The molecule has 2 N–H and O–H groups in total. The van der Waals surface area contributed by atoms with Crippen LogP contribution < -0.4 is 5.73 Å². The van der Waals surface area contributed by atoms with Crippen LogP contribution in [0.25, 0.3) is 10.9 Å². The Morgan fingerprint density at radius 1 is 1.29 bits per heavy atom. The maximum atomic E-state index is 6.15. The highest BCUT2D eigenvalue weighted by Crippen LogP contribution is 2.34. The Labute approximate surface area is 127 Å². The lowest BCUT2D eigenvalue weighted by Gasteiger charge is -2.31. The Balaban J connectivity index is 1.95. The molecule has 112 valence electrons. The Morgan fingerprint density at radius 2 is 2.10 bits per heavy atom. The number of pyridine rings is 1. The van der Waals surface area contributed by atoms with E-state index >= 15 is 0 Å². The molecule has 0 radical (unpaired) electrons. The summed E-state index contributed by atoms with van der Waals surface area (Å²) in [6, 6.07) is 10.9. The normalized spacial score (nSPS) is 16.5. The summed E-state index contributed by atoms with van der Waals surface area (Å²) in [5, 5.41) is 1.20. The van der Waals surface area contributed by atoms with Crippen molar-refractivity contribution in [3.8, 4) is 0 Å². The molecule has 3 nitrogen and oxygen atoms in total. The largest absolute Gasteiger partial charge is 0.329 e. The first kappa shape index (κ1) is 14.5. The maximum absolute atomic E-state index is 6.15. The van der Waals surface area contributed by atoms with E-state index in [9.17, 15) is 0 Å². The number of para-hydroxylation sites is 1. The van der Waals surface area contributed by atoms with Gasteiger partial charge in [0.25, 0.3) is 0 Å². The number of hydrogen-bond donors (Lipinski definition) is 1. The van der Waals surface area contributed by atoms with Crippen LogP contribution in [0.4, 0.5) is 0 Å². The van der Waals surface area contributed by atoms with Gasteiger partial charge in [0.05, 0.1) is 5.52 Å². The average Bonchev–Trinajstić information content (AvgIpc) is 3.32. The van der Waals surface area contributed by atoms with Crippen molar-refractivity contribution in [3.05, 3.63) is 42.1 Å². The molecule has 1 heterocycles. The number of rotatable bonds is 7. The fourth-order valence-electron chi connectivity index (χ4n) is 3.16. The molecule has 1 aromatic heterocycles. The predicted molar refractivity (Wildman–Crippen MR) is 88.1 cm³/mol. The fourth-order valence-corrected chi connectivity index (χ4v) is 3.16. The molecule has 21 heavy (non-hydrogen) atoms. The lowest BCUT2D eigenvalue weighted by atomic mass is 10.0. The van der Waals surface area contributed by atoms with Crippen LogP contribution in [0.3, 0.4) is 0 Å². The van der Waals surface area contributed by atoms with E-state index < -0.39 is 0 Å². The second-order valence-corrected chi connectivity index (χ2v) is 6.11. The average molecular weight is 283 g/mol. The second kappa shape index (κ2) is 6.54. The number of nitrogens with two attached hydrogens (primary N) is 1. The minimum Gasteiger partial charge on any atom is -0.329 e. The Kier molecular flexibility index (Phi) is 4.51. The van der Waals surface area contributed by atoms with Crippen LogP contribution in [-0.4, -0.2) is 29.5 Å². The molecule has 0 aliphatic heterocycles. The lowest BCUT2D eigenvalue weighted by Crippen LogP contribution is -2.36. The van der Waals surface area contributed by atoms with Gasteiger partial charge in [0.15, 0.2) is 0 Å². The zero-order chi connectivity index (χ0) is 14.7. The van der Waals surface area contributed by atoms with Gasteiger partial charge in [-0.3, -0.25) is 9.88 Å². The van der Waals surface area contributed by atoms with Crippen LogP contribution in [0.2, 0.25) is 0 Å². The van der Waals surface area contributed by atoms with Crippen molar-refractivity contribution in [3.63, 3.8) is 0 Å². The van der Waals surface area contributed by atoms with Gasteiger partial charge in [-0.2, -0.15) is 0 Å². The van der Waals surface area contributed by atoms with E-state index in [2.05, 4.69) is 41.1 Å². The van der Waals surface area contributed by atoms with Gasteiger partial charge in [0.1, 0.15) is 0 Å². The highest BCUT2D eigenvalue weighted by Gasteiger charge is 2.28. The summed E-state index contributed by atoms with van der Waals surface area (Å²) < 4.78 is 0. The van der Waals surface area contributed by atoms with E-state index in [1.807, 2.05) is 12.3 Å². The van der Waals surface area contributed by atoms with Crippen molar-refractivity contribution in [1.29, 1.82) is 0 Å². The quantitative estimate of drug-likeness (QED) is 0.847. The molecular weight excluding hydrogens is 258 g/mol. The molecule has 1 atom stereocenters. The van der Waals surface area contributed by atoms with E-state index in [1.54, 1.807) is 0 Å². The van der Waals surface area contributed by atoms with Crippen LogP contribution in [-0.2, 0) is 0 Å². The number of hydrogen-bond acceptors (Lipinski definition) is 3. The molecule has 1 aliphatic rings. The monoisotopic (exact) mass is 283 g/mol. The number of benzene rings is 1. The first-order valence-corrected chi connectivity index (χ1v) is 8.11. The van der Waals surface area contributed by atoms with Gasteiger partial charge < -0.3 is 5.73 Å². The van der Waals surface area contributed by atoms with E-state index in [4.69, 9.17) is 5.73 Å². The summed E-state index contributed by atoms with van der Waals surface area (Å²) in [5.74, 6) is 0.883. The predicted octanol–water partition coefficient (Wildman–Crippen LogP) is 3.36. The minimum atomic E-state index is 0.282. The first-order valence-electron chi connectivity index (χ1n) is 8.11. The molecule has 3 heteroatoms.